The minimum absolute atomic E-state index is 0.513. The van der Waals surface area contributed by atoms with E-state index in [0.29, 0.717) is 22.9 Å². The number of allylic oxidation sites excluding steroid dienone is 2. The van der Waals surface area contributed by atoms with Crippen molar-refractivity contribution in [3.8, 4) is 0 Å². The van der Waals surface area contributed by atoms with Gasteiger partial charge in [0.25, 0.3) is 0 Å². The van der Waals surface area contributed by atoms with E-state index in [1.165, 1.54) is 70.0 Å². The van der Waals surface area contributed by atoms with Crippen molar-refractivity contribution < 1.29 is 4.74 Å². The van der Waals surface area contributed by atoms with E-state index in [0.717, 1.165) is 35.5 Å². The van der Waals surface area contributed by atoms with E-state index >= 15 is 0 Å². The van der Waals surface area contributed by atoms with Gasteiger partial charge in [0.2, 0.25) is 0 Å². The molecule has 0 aromatic carbocycles. The predicted molar refractivity (Wildman–Crippen MR) is 117 cm³/mol. The molecule has 0 N–H and O–H groups in total. The molecule has 5 rings (SSSR count). The van der Waals surface area contributed by atoms with Gasteiger partial charge < -0.3 is 4.74 Å². The lowest BCUT2D eigenvalue weighted by atomic mass is 9.44. The highest BCUT2D eigenvalue weighted by Gasteiger charge is 2.65. The largest absolute Gasteiger partial charge is 0.494 e. The van der Waals surface area contributed by atoms with Crippen LogP contribution in [0.3, 0.4) is 0 Å². The topological polar surface area (TPSA) is 9.23 Å². The maximum atomic E-state index is 6.68. The molecule has 9 atom stereocenters. The van der Waals surface area contributed by atoms with E-state index in [1.54, 1.807) is 0 Å². The van der Waals surface area contributed by atoms with E-state index < -0.39 is 0 Å². The van der Waals surface area contributed by atoms with Gasteiger partial charge in [-0.3, -0.25) is 0 Å². The molecular formula is C27H44O. The Balaban J connectivity index is 1.39. The van der Waals surface area contributed by atoms with Gasteiger partial charge in [0.15, 0.2) is 0 Å². The molecule has 5 aliphatic rings. The Morgan fingerprint density at radius 1 is 1.00 bits per heavy atom. The maximum absolute atomic E-state index is 6.68. The summed E-state index contributed by atoms with van der Waals surface area (Å²) >= 11 is 0. The molecule has 1 unspecified atom stereocenters. The van der Waals surface area contributed by atoms with E-state index in [2.05, 4.69) is 40.7 Å². The highest BCUT2D eigenvalue weighted by Crippen LogP contribution is 2.70. The average Bonchev–Trinajstić information content (AvgIpc) is 3.13. The number of ether oxygens (including phenoxy) is 1. The number of rotatable bonds is 2. The summed E-state index contributed by atoms with van der Waals surface area (Å²) in [5, 5.41) is 0. The van der Waals surface area contributed by atoms with Crippen molar-refractivity contribution in [3.05, 3.63) is 11.8 Å². The number of hydrogen-bond donors (Lipinski definition) is 0. The Labute approximate surface area is 174 Å². The van der Waals surface area contributed by atoms with E-state index in [1.807, 2.05) is 0 Å². The summed E-state index contributed by atoms with van der Waals surface area (Å²) in [7, 11) is 0. The third-order valence-corrected chi connectivity index (χ3v) is 10.7. The standard InChI is InChI=1S/C27H44O/c1-17(2)9-12-23-18(3)25-24(28-23)16-22-20-11-10-19-8-6-7-14-26(19,4)21(20)13-15-27(22,25)5/h12,17-22,24-25H,6-11,13-16H2,1-5H3/t18-,19?,20-,21+,22+,24+,25+,26+,27+/m1/s1. The maximum Gasteiger partial charge on any atom is 0.103 e. The van der Waals surface area contributed by atoms with Gasteiger partial charge in [-0.2, -0.15) is 0 Å². The van der Waals surface area contributed by atoms with Crippen LogP contribution in [0.2, 0.25) is 0 Å². The summed E-state index contributed by atoms with van der Waals surface area (Å²) in [6, 6.07) is 0. The SMILES string of the molecule is CC(C)CC=C1O[C@H]2C[C@H]3[C@@H]4CCC5CCCC[C@]5(C)[C@H]4CC[C@]3(C)[C@H]2[C@@H]1C. The molecule has 158 valence electrons. The molecule has 0 amide bonds. The molecule has 1 heteroatoms. The predicted octanol–water partition coefficient (Wildman–Crippen LogP) is 7.61. The molecule has 1 saturated heterocycles. The fraction of sp³-hybridized carbons (Fsp3) is 0.926. The van der Waals surface area contributed by atoms with Crippen LogP contribution in [-0.4, -0.2) is 6.10 Å². The molecular weight excluding hydrogens is 340 g/mol. The third-order valence-electron chi connectivity index (χ3n) is 10.7. The van der Waals surface area contributed by atoms with E-state index in [4.69, 9.17) is 4.74 Å². The van der Waals surface area contributed by atoms with Crippen molar-refractivity contribution in [1.82, 2.24) is 0 Å². The minimum Gasteiger partial charge on any atom is -0.494 e. The molecule has 28 heavy (non-hydrogen) atoms. The fourth-order valence-electron chi connectivity index (χ4n) is 9.38. The second-order valence-electron chi connectivity index (χ2n) is 12.4. The average molecular weight is 385 g/mol. The Hall–Kier alpha value is -0.460. The Morgan fingerprint density at radius 2 is 1.82 bits per heavy atom. The lowest BCUT2D eigenvalue weighted by Crippen LogP contribution is -2.53. The van der Waals surface area contributed by atoms with Crippen LogP contribution in [-0.2, 0) is 4.74 Å². The molecule has 0 spiro atoms. The van der Waals surface area contributed by atoms with Crippen LogP contribution in [0.4, 0.5) is 0 Å². The zero-order chi connectivity index (χ0) is 19.7. The molecule has 4 saturated carbocycles. The summed E-state index contributed by atoms with van der Waals surface area (Å²) in [5.74, 6) is 7.44. The van der Waals surface area contributed by atoms with E-state index in [9.17, 15) is 0 Å². The lowest BCUT2D eigenvalue weighted by Gasteiger charge is -2.60. The molecule has 0 aromatic rings. The van der Waals surface area contributed by atoms with Crippen LogP contribution in [0.1, 0.15) is 98.8 Å². The molecule has 1 nitrogen and oxygen atoms in total. The summed E-state index contributed by atoms with van der Waals surface area (Å²) < 4.78 is 6.68. The fourth-order valence-corrected chi connectivity index (χ4v) is 9.38. The lowest BCUT2D eigenvalue weighted by molar-refractivity contribution is -0.112. The van der Waals surface area contributed by atoms with Crippen molar-refractivity contribution >= 4 is 0 Å². The molecule has 0 aromatic heterocycles. The molecule has 0 bridgehead atoms. The van der Waals surface area contributed by atoms with Gasteiger partial charge in [-0.25, -0.2) is 0 Å². The normalized spacial score (nSPS) is 54.1. The second-order valence-corrected chi connectivity index (χ2v) is 12.4. The van der Waals surface area contributed by atoms with Gasteiger partial charge in [-0.1, -0.05) is 47.5 Å². The minimum atomic E-state index is 0.513. The van der Waals surface area contributed by atoms with Crippen LogP contribution in [0, 0.1) is 52.3 Å². The summed E-state index contributed by atoms with van der Waals surface area (Å²) in [4.78, 5) is 0. The van der Waals surface area contributed by atoms with Crippen molar-refractivity contribution in [3.63, 3.8) is 0 Å². The molecule has 1 heterocycles. The molecule has 0 radical (unpaired) electrons. The van der Waals surface area contributed by atoms with Gasteiger partial charge in [-0.05, 0) is 97.9 Å². The highest BCUT2D eigenvalue weighted by molar-refractivity contribution is 5.19. The van der Waals surface area contributed by atoms with E-state index in [-0.39, 0.29) is 0 Å². The highest BCUT2D eigenvalue weighted by atomic mass is 16.5. The first-order valence-corrected chi connectivity index (χ1v) is 12.7. The Kier molecular flexibility index (Phi) is 4.72. The Morgan fingerprint density at radius 3 is 2.61 bits per heavy atom. The molecule has 4 aliphatic carbocycles. The number of hydrogen-bond acceptors (Lipinski definition) is 1. The van der Waals surface area contributed by atoms with Gasteiger partial charge in [-0.15, -0.1) is 0 Å². The van der Waals surface area contributed by atoms with Gasteiger partial charge in [0, 0.05) is 11.8 Å². The zero-order valence-electron chi connectivity index (χ0n) is 19.2. The van der Waals surface area contributed by atoms with Crippen LogP contribution in [0.25, 0.3) is 0 Å². The second kappa shape index (κ2) is 6.78. The zero-order valence-corrected chi connectivity index (χ0v) is 19.2. The Bertz CT molecular complexity index is 634. The van der Waals surface area contributed by atoms with Crippen LogP contribution in [0.5, 0.6) is 0 Å². The first kappa shape index (κ1) is 19.5. The summed E-state index contributed by atoms with van der Waals surface area (Å²) in [5.41, 5.74) is 1.19. The van der Waals surface area contributed by atoms with Crippen molar-refractivity contribution in [2.75, 3.05) is 0 Å². The monoisotopic (exact) mass is 384 g/mol. The van der Waals surface area contributed by atoms with Crippen molar-refractivity contribution in [1.29, 1.82) is 0 Å². The van der Waals surface area contributed by atoms with Gasteiger partial charge in [0.05, 0.1) is 5.76 Å². The first-order valence-electron chi connectivity index (χ1n) is 12.7. The summed E-state index contributed by atoms with van der Waals surface area (Å²) in [6.07, 6.45) is 17.5. The smallest absolute Gasteiger partial charge is 0.103 e. The van der Waals surface area contributed by atoms with Crippen LogP contribution >= 0.6 is 0 Å². The summed E-state index contributed by atoms with van der Waals surface area (Å²) in [6.45, 7) is 12.5. The molecule has 1 aliphatic heterocycles. The van der Waals surface area contributed by atoms with Gasteiger partial charge in [0.1, 0.15) is 6.10 Å². The first-order chi connectivity index (χ1) is 13.3. The van der Waals surface area contributed by atoms with Crippen molar-refractivity contribution in [2.45, 2.75) is 105 Å². The van der Waals surface area contributed by atoms with Crippen LogP contribution < -0.4 is 0 Å². The van der Waals surface area contributed by atoms with Crippen LogP contribution in [0.15, 0.2) is 11.8 Å². The van der Waals surface area contributed by atoms with Crippen molar-refractivity contribution in [2.24, 2.45) is 52.3 Å². The van der Waals surface area contributed by atoms with Gasteiger partial charge >= 0.3 is 0 Å². The quantitative estimate of drug-likeness (QED) is 0.476. The molecule has 5 fully saturated rings. The number of fused-ring (bicyclic) bond motifs is 7. The third kappa shape index (κ3) is 2.70.